The van der Waals surface area contributed by atoms with Crippen molar-refractivity contribution in [2.45, 2.75) is 43.0 Å². The summed E-state index contributed by atoms with van der Waals surface area (Å²) in [6.45, 7) is 5.66. The molecule has 4 fully saturated rings. The van der Waals surface area contributed by atoms with E-state index < -0.39 is 21.2 Å². The Morgan fingerprint density at radius 2 is 1.80 bits per heavy atom. The largest absolute Gasteiger partial charge is 0.319 e. The van der Waals surface area contributed by atoms with Crippen LogP contribution >= 0.6 is 21.6 Å². The van der Waals surface area contributed by atoms with Gasteiger partial charge in [-0.15, -0.1) is 0 Å². The number of hydrogen-bond acceptors (Lipinski definition) is 5. The second kappa shape index (κ2) is 4.95. The van der Waals surface area contributed by atoms with E-state index in [2.05, 4.69) is 6.07 Å². The summed E-state index contributed by atoms with van der Waals surface area (Å²) in [5, 5.41) is 9.96. The fourth-order valence-electron chi connectivity index (χ4n) is 4.17. The molecule has 2 bridgehead atoms. The topological polar surface area (TPSA) is 64.4 Å². The molecule has 1 aromatic rings. The fraction of sp³-hybridized carbons (Fsp3) is 0.500. The summed E-state index contributed by atoms with van der Waals surface area (Å²) in [5.74, 6) is -0.155. The highest BCUT2D eigenvalue weighted by Gasteiger charge is 2.74. The summed E-state index contributed by atoms with van der Waals surface area (Å²) in [4.78, 5) is 27.9. The predicted octanol–water partition coefficient (Wildman–Crippen LogP) is 3.08. The Morgan fingerprint density at radius 3 is 2.40 bits per heavy atom. The maximum absolute atomic E-state index is 13.4. The molecule has 7 heteroatoms. The van der Waals surface area contributed by atoms with Crippen LogP contribution in [0.1, 0.15) is 37.4 Å². The summed E-state index contributed by atoms with van der Waals surface area (Å²) in [6, 6.07) is 9.92. The number of likely N-dealkylation sites (N-methyl/N-ethyl adjacent to an activating group) is 1. The number of hydrogen-bond donors (Lipinski definition) is 0. The maximum Gasteiger partial charge on any atom is 0.261 e. The van der Waals surface area contributed by atoms with Crippen molar-refractivity contribution in [1.29, 1.82) is 5.26 Å². The zero-order valence-electron chi connectivity index (χ0n) is 14.6. The van der Waals surface area contributed by atoms with Gasteiger partial charge < -0.3 is 9.80 Å². The smallest absolute Gasteiger partial charge is 0.261 e. The first-order valence-corrected chi connectivity index (χ1v) is 10.3. The Hall–Kier alpha value is -1.65. The van der Waals surface area contributed by atoms with Crippen LogP contribution in [0.5, 0.6) is 0 Å². The Balaban J connectivity index is 1.93. The molecule has 4 heterocycles. The van der Waals surface area contributed by atoms with E-state index in [9.17, 15) is 14.9 Å². The van der Waals surface area contributed by atoms with Crippen molar-refractivity contribution in [2.75, 3.05) is 7.05 Å². The first-order chi connectivity index (χ1) is 11.7. The number of fused-ring (bicyclic) bond motifs is 2. The third kappa shape index (κ3) is 1.87. The Morgan fingerprint density at radius 1 is 1.16 bits per heavy atom. The van der Waals surface area contributed by atoms with Crippen molar-refractivity contribution in [3.63, 3.8) is 0 Å². The van der Waals surface area contributed by atoms with Crippen molar-refractivity contribution < 1.29 is 9.59 Å². The highest BCUT2D eigenvalue weighted by Crippen LogP contribution is 2.69. The van der Waals surface area contributed by atoms with Crippen molar-refractivity contribution in [3.8, 4) is 6.07 Å². The Kier molecular flexibility index (Phi) is 3.33. The molecule has 5 rings (SSSR count). The first kappa shape index (κ1) is 16.8. The molecule has 0 radical (unpaired) electrons. The lowest BCUT2D eigenvalue weighted by Gasteiger charge is -2.57. The van der Waals surface area contributed by atoms with Crippen LogP contribution in [0, 0.1) is 23.7 Å². The van der Waals surface area contributed by atoms with E-state index in [0.717, 1.165) is 11.1 Å². The molecule has 0 aliphatic carbocycles. The molecule has 2 amide bonds. The summed E-state index contributed by atoms with van der Waals surface area (Å²) in [7, 11) is 4.57. The molecule has 130 valence electrons. The van der Waals surface area contributed by atoms with E-state index in [1.54, 1.807) is 23.8 Å². The van der Waals surface area contributed by atoms with Crippen molar-refractivity contribution >= 4 is 33.4 Å². The average Bonchev–Trinajstić information content (AvgIpc) is 2.87. The number of piperazine rings is 1. The van der Waals surface area contributed by atoms with Crippen LogP contribution in [0.2, 0.25) is 0 Å². The van der Waals surface area contributed by atoms with E-state index >= 15 is 0 Å². The molecule has 1 spiro atoms. The molecular formula is C18H19N3O2S2. The van der Waals surface area contributed by atoms with E-state index in [-0.39, 0.29) is 11.8 Å². The lowest BCUT2D eigenvalue weighted by molar-refractivity contribution is -0.164. The van der Waals surface area contributed by atoms with Crippen molar-refractivity contribution in [2.24, 2.45) is 5.41 Å². The molecule has 4 atom stereocenters. The zero-order chi connectivity index (χ0) is 18.2. The Bertz CT molecular complexity index is 836. The van der Waals surface area contributed by atoms with Crippen LogP contribution in [0.15, 0.2) is 24.3 Å². The summed E-state index contributed by atoms with van der Waals surface area (Å²) in [5.41, 5.74) is 1.22. The molecular weight excluding hydrogens is 354 g/mol. The highest BCUT2D eigenvalue weighted by molar-refractivity contribution is 8.78. The molecule has 5 nitrogen and oxygen atoms in total. The standard InChI is InChI=1S/C18H19N3O2S2/c1-11-5-7-12(8-6-11)13-16(2,10-19)9-18-15(23)20(4)17(3,24-25-18)14(22)21(13)18/h5-8,13H,9H2,1-4H3/t13?,16-,17?,18?/m1/s1. The average molecular weight is 374 g/mol. The Labute approximate surface area is 155 Å². The van der Waals surface area contributed by atoms with Gasteiger partial charge in [0.2, 0.25) is 0 Å². The van der Waals surface area contributed by atoms with Crippen LogP contribution < -0.4 is 0 Å². The quantitative estimate of drug-likeness (QED) is 0.708. The molecule has 4 saturated heterocycles. The van der Waals surface area contributed by atoms with Crippen LogP contribution in [-0.2, 0) is 9.59 Å². The van der Waals surface area contributed by atoms with Gasteiger partial charge in [0.1, 0.15) is 0 Å². The third-order valence-electron chi connectivity index (χ3n) is 5.74. The molecule has 1 aromatic carbocycles. The van der Waals surface area contributed by atoms with E-state index in [1.165, 1.54) is 21.6 Å². The number of carbonyl (C=O) groups is 2. The van der Waals surface area contributed by atoms with Gasteiger partial charge in [-0.1, -0.05) is 51.4 Å². The fourth-order valence-corrected chi connectivity index (χ4v) is 7.75. The van der Waals surface area contributed by atoms with Gasteiger partial charge >= 0.3 is 0 Å². The van der Waals surface area contributed by atoms with Crippen LogP contribution in [0.4, 0.5) is 0 Å². The van der Waals surface area contributed by atoms with Gasteiger partial charge in [0.15, 0.2) is 9.74 Å². The van der Waals surface area contributed by atoms with Gasteiger partial charge in [-0.25, -0.2) is 0 Å². The SMILES string of the molecule is Cc1ccc(C2N3C(=O)C4(C)SSC3(C[C@]2(C)C#N)C(=O)N4C)cc1. The predicted molar refractivity (Wildman–Crippen MR) is 98.2 cm³/mol. The van der Waals surface area contributed by atoms with Crippen molar-refractivity contribution in [3.05, 3.63) is 35.4 Å². The van der Waals surface area contributed by atoms with Gasteiger partial charge in [0.05, 0.1) is 17.5 Å². The second-order valence-electron chi connectivity index (χ2n) is 7.49. The second-order valence-corrected chi connectivity index (χ2v) is 10.3. The zero-order valence-corrected chi connectivity index (χ0v) is 16.2. The number of aryl methyl sites for hydroxylation is 1. The molecule has 25 heavy (non-hydrogen) atoms. The maximum atomic E-state index is 13.4. The molecule has 4 aliphatic rings. The molecule has 4 aliphatic heterocycles. The number of nitrogens with zero attached hydrogens (tertiary/aromatic N) is 3. The number of benzene rings is 1. The van der Waals surface area contributed by atoms with Gasteiger partial charge in [-0.3, -0.25) is 9.59 Å². The number of rotatable bonds is 1. The van der Waals surface area contributed by atoms with Gasteiger partial charge in [-0.2, -0.15) is 5.26 Å². The summed E-state index contributed by atoms with van der Waals surface area (Å²) >= 11 is 0. The van der Waals surface area contributed by atoms with E-state index in [1.807, 2.05) is 38.1 Å². The van der Waals surface area contributed by atoms with Gasteiger partial charge in [0.25, 0.3) is 11.8 Å². The van der Waals surface area contributed by atoms with E-state index in [0.29, 0.717) is 6.42 Å². The van der Waals surface area contributed by atoms with Crippen LogP contribution in [0.3, 0.4) is 0 Å². The van der Waals surface area contributed by atoms with Crippen molar-refractivity contribution in [1.82, 2.24) is 9.80 Å². The van der Waals surface area contributed by atoms with E-state index in [4.69, 9.17) is 0 Å². The first-order valence-electron chi connectivity index (χ1n) is 8.16. The summed E-state index contributed by atoms with van der Waals surface area (Å²) < 4.78 is 0. The van der Waals surface area contributed by atoms with Crippen LogP contribution in [0.25, 0.3) is 0 Å². The minimum absolute atomic E-state index is 0.0746. The summed E-state index contributed by atoms with van der Waals surface area (Å²) in [6.07, 6.45) is 0.345. The molecule has 0 N–H and O–H groups in total. The number of nitriles is 1. The van der Waals surface area contributed by atoms with Gasteiger partial charge in [-0.05, 0) is 26.3 Å². The molecule has 3 unspecified atom stereocenters. The third-order valence-corrected chi connectivity index (χ3v) is 9.44. The lowest BCUT2D eigenvalue weighted by Crippen LogP contribution is -2.73. The number of carbonyl (C=O) groups excluding carboxylic acids is 2. The minimum Gasteiger partial charge on any atom is -0.319 e. The minimum atomic E-state index is -0.992. The lowest BCUT2D eigenvalue weighted by atomic mass is 9.79. The molecule has 0 saturated carbocycles. The normalized spacial score (nSPS) is 39.6. The molecule has 0 aromatic heterocycles. The van der Waals surface area contributed by atoms with Gasteiger partial charge in [0, 0.05) is 13.5 Å². The monoisotopic (exact) mass is 373 g/mol. The van der Waals surface area contributed by atoms with Crippen LogP contribution in [-0.4, -0.2) is 38.4 Å². The highest BCUT2D eigenvalue weighted by atomic mass is 33.1. The number of amides is 2.